The van der Waals surface area contributed by atoms with Gasteiger partial charge in [-0.25, -0.2) is 0 Å². The van der Waals surface area contributed by atoms with Crippen LogP contribution in [0.15, 0.2) is 59.5 Å². The number of carbonyl (C=O) groups is 1. The van der Waals surface area contributed by atoms with Gasteiger partial charge in [-0.3, -0.25) is 4.79 Å². The summed E-state index contributed by atoms with van der Waals surface area (Å²) in [5.41, 5.74) is 1.55. The summed E-state index contributed by atoms with van der Waals surface area (Å²) in [6.07, 6.45) is 0. The van der Waals surface area contributed by atoms with Crippen molar-refractivity contribution in [3.05, 3.63) is 60.2 Å². The van der Waals surface area contributed by atoms with Crippen LogP contribution in [0.1, 0.15) is 17.3 Å². The van der Waals surface area contributed by atoms with Crippen LogP contribution < -0.4 is 5.32 Å². The first-order valence-electron chi connectivity index (χ1n) is 5.89. The van der Waals surface area contributed by atoms with Crippen molar-refractivity contribution < 1.29 is 4.79 Å². The van der Waals surface area contributed by atoms with Crippen LogP contribution in [0.5, 0.6) is 0 Å². The van der Waals surface area contributed by atoms with Gasteiger partial charge in [-0.15, -0.1) is 11.8 Å². The monoisotopic (exact) mass is 257 g/mol. The topological polar surface area (TPSA) is 29.1 Å². The Morgan fingerprint density at radius 1 is 1.06 bits per heavy atom. The van der Waals surface area contributed by atoms with Crippen LogP contribution in [0.3, 0.4) is 0 Å². The molecule has 2 rings (SSSR count). The maximum Gasteiger partial charge on any atom is 0.256 e. The lowest BCUT2D eigenvalue weighted by atomic mass is 10.2. The lowest BCUT2D eigenvalue weighted by molar-refractivity contribution is 0.102. The number of carbonyl (C=O) groups excluding carboxylic acids is 1. The van der Waals surface area contributed by atoms with E-state index in [0.717, 1.165) is 21.9 Å². The second-order valence-corrected chi connectivity index (χ2v) is 5.06. The first kappa shape index (κ1) is 12.7. The van der Waals surface area contributed by atoms with Crippen LogP contribution in [0, 0.1) is 0 Å². The minimum absolute atomic E-state index is 0.0576. The van der Waals surface area contributed by atoms with Crippen molar-refractivity contribution in [2.24, 2.45) is 0 Å². The van der Waals surface area contributed by atoms with Crippen LogP contribution in [0.25, 0.3) is 0 Å². The molecule has 1 amide bonds. The van der Waals surface area contributed by atoms with Gasteiger partial charge >= 0.3 is 0 Å². The molecular weight excluding hydrogens is 242 g/mol. The number of amides is 1. The number of nitrogens with one attached hydrogen (secondary N) is 1. The number of hydrogen-bond donors (Lipinski definition) is 1. The van der Waals surface area contributed by atoms with E-state index >= 15 is 0 Å². The summed E-state index contributed by atoms with van der Waals surface area (Å²) >= 11 is 1.68. The first-order valence-corrected chi connectivity index (χ1v) is 6.88. The first-order chi connectivity index (χ1) is 8.81. The normalized spacial score (nSPS) is 10.1. The third kappa shape index (κ3) is 3.14. The zero-order valence-corrected chi connectivity index (χ0v) is 11.0. The highest BCUT2D eigenvalue weighted by Gasteiger charge is 2.10. The summed E-state index contributed by atoms with van der Waals surface area (Å²) in [4.78, 5) is 13.2. The molecule has 0 heterocycles. The lowest BCUT2D eigenvalue weighted by Crippen LogP contribution is -2.12. The van der Waals surface area contributed by atoms with E-state index in [-0.39, 0.29) is 5.91 Å². The van der Waals surface area contributed by atoms with Crippen molar-refractivity contribution in [3.63, 3.8) is 0 Å². The van der Waals surface area contributed by atoms with Crippen molar-refractivity contribution in [1.82, 2.24) is 0 Å². The average Bonchev–Trinajstić information content (AvgIpc) is 2.41. The Kier molecular flexibility index (Phi) is 4.42. The molecule has 18 heavy (non-hydrogen) atoms. The van der Waals surface area contributed by atoms with E-state index in [9.17, 15) is 4.79 Å². The van der Waals surface area contributed by atoms with E-state index in [2.05, 4.69) is 12.2 Å². The van der Waals surface area contributed by atoms with Gasteiger partial charge in [0, 0.05) is 10.6 Å². The van der Waals surface area contributed by atoms with Crippen molar-refractivity contribution in [3.8, 4) is 0 Å². The van der Waals surface area contributed by atoms with E-state index in [0.29, 0.717) is 0 Å². The molecule has 0 aromatic heterocycles. The number of benzene rings is 2. The number of thioether (sulfide) groups is 1. The maximum absolute atomic E-state index is 12.2. The van der Waals surface area contributed by atoms with Crippen LogP contribution in [0.2, 0.25) is 0 Å². The Morgan fingerprint density at radius 3 is 2.44 bits per heavy atom. The molecule has 0 aliphatic heterocycles. The molecule has 2 aromatic carbocycles. The fraction of sp³-hybridized carbons (Fsp3) is 0.133. The zero-order chi connectivity index (χ0) is 12.8. The SMILES string of the molecule is CCSc1ccccc1C(=O)Nc1ccccc1. The van der Waals surface area contributed by atoms with Crippen LogP contribution in [0.4, 0.5) is 5.69 Å². The molecule has 0 spiro atoms. The Labute approximate surface area is 111 Å². The molecule has 0 saturated heterocycles. The fourth-order valence-electron chi connectivity index (χ4n) is 1.66. The number of hydrogen-bond acceptors (Lipinski definition) is 2. The van der Waals surface area contributed by atoms with E-state index in [1.807, 2.05) is 54.6 Å². The number of para-hydroxylation sites is 1. The predicted octanol–water partition coefficient (Wildman–Crippen LogP) is 4.05. The highest BCUT2D eigenvalue weighted by molar-refractivity contribution is 7.99. The molecule has 2 nitrogen and oxygen atoms in total. The van der Waals surface area contributed by atoms with Gasteiger partial charge < -0.3 is 5.32 Å². The van der Waals surface area contributed by atoms with Crippen molar-refractivity contribution >= 4 is 23.4 Å². The third-order valence-corrected chi connectivity index (χ3v) is 3.42. The van der Waals surface area contributed by atoms with E-state index < -0.39 is 0 Å². The van der Waals surface area contributed by atoms with E-state index in [4.69, 9.17) is 0 Å². The van der Waals surface area contributed by atoms with E-state index in [1.165, 1.54) is 0 Å². The van der Waals surface area contributed by atoms with Crippen molar-refractivity contribution in [2.75, 3.05) is 11.1 Å². The summed E-state index contributed by atoms with van der Waals surface area (Å²) in [6.45, 7) is 2.08. The van der Waals surface area contributed by atoms with Crippen molar-refractivity contribution in [1.29, 1.82) is 0 Å². The highest BCUT2D eigenvalue weighted by atomic mass is 32.2. The van der Waals surface area contributed by atoms with Crippen LogP contribution >= 0.6 is 11.8 Å². The van der Waals surface area contributed by atoms with Gasteiger partial charge in [0.05, 0.1) is 5.56 Å². The summed E-state index contributed by atoms with van der Waals surface area (Å²) in [6, 6.07) is 17.2. The molecule has 0 aliphatic carbocycles. The maximum atomic E-state index is 12.2. The Hall–Kier alpha value is -1.74. The summed E-state index contributed by atoms with van der Waals surface area (Å²) in [5.74, 6) is 0.896. The molecular formula is C15H15NOS. The highest BCUT2D eigenvalue weighted by Crippen LogP contribution is 2.23. The summed E-state index contributed by atoms with van der Waals surface area (Å²) in [5, 5.41) is 2.90. The van der Waals surface area contributed by atoms with Gasteiger partial charge in [-0.1, -0.05) is 37.3 Å². The smallest absolute Gasteiger partial charge is 0.256 e. The van der Waals surface area contributed by atoms with Gasteiger partial charge in [0.25, 0.3) is 5.91 Å². The fourth-order valence-corrected chi connectivity index (χ4v) is 2.46. The summed E-state index contributed by atoms with van der Waals surface area (Å²) < 4.78 is 0. The van der Waals surface area contributed by atoms with Gasteiger partial charge in [0.2, 0.25) is 0 Å². The van der Waals surface area contributed by atoms with Crippen LogP contribution in [-0.2, 0) is 0 Å². The Bertz CT molecular complexity index is 525. The van der Waals surface area contributed by atoms with Gasteiger partial charge in [0.1, 0.15) is 0 Å². The summed E-state index contributed by atoms with van der Waals surface area (Å²) in [7, 11) is 0. The standard InChI is InChI=1S/C15H15NOS/c1-2-18-14-11-7-6-10-13(14)15(17)16-12-8-4-3-5-9-12/h3-11H,2H2,1H3,(H,16,17). The lowest BCUT2D eigenvalue weighted by Gasteiger charge is -2.08. The predicted molar refractivity (Wildman–Crippen MR) is 77.2 cm³/mol. The Balaban J connectivity index is 2.19. The number of rotatable bonds is 4. The van der Waals surface area contributed by atoms with Gasteiger partial charge in [-0.2, -0.15) is 0 Å². The second-order valence-electron chi connectivity index (χ2n) is 3.75. The largest absolute Gasteiger partial charge is 0.322 e. The minimum atomic E-state index is -0.0576. The second kappa shape index (κ2) is 6.26. The Morgan fingerprint density at radius 2 is 1.72 bits per heavy atom. The molecule has 0 atom stereocenters. The molecule has 0 unspecified atom stereocenters. The van der Waals surface area contributed by atoms with Gasteiger partial charge in [-0.05, 0) is 30.0 Å². The molecule has 0 aliphatic rings. The van der Waals surface area contributed by atoms with Gasteiger partial charge in [0.15, 0.2) is 0 Å². The average molecular weight is 257 g/mol. The quantitative estimate of drug-likeness (QED) is 0.837. The van der Waals surface area contributed by atoms with E-state index in [1.54, 1.807) is 11.8 Å². The molecule has 1 N–H and O–H groups in total. The zero-order valence-electron chi connectivity index (χ0n) is 10.2. The molecule has 0 saturated carbocycles. The van der Waals surface area contributed by atoms with Crippen LogP contribution in [-0.4, -0.2) is 11.7 Å². The molecule has 0 bridgehead atoms. The van der Waals surface area contributed by atoms with Crippen molar-refractivity contribution in [2.45, 2.75) is 11.8 Å². The minimum Gasteiger partial charge on any atom is -0.322 e. The molecule has 3 heteroatoms. The molecule has 0 radical (unpaired) electrons. The molecule has 92 valence electrons. The molecule has 2 aromatic rings. The number of anilines is 1. The molecule has 0 fully saturated rings. The third-order valence-electron chi connectivity index (χ3n) is 2.46.